The van der Waals surface area contributed by atoms with Gasteiger partial charge in [-0.1, -0.05) is 30.3 Å². The molecule has 2 aromatic rings. The van der Waals surface area contributed by atoms with Crippen LogP contribution >= 0.6 is 0 Å². The maximum absolute atomic E-state index is 12.8. The van der Waals surface area contributed by atoms with Gasteiger partial charge in [-0.05, 0) is 57.0 Å². The maximum Gasteiger partial charge on any atom is 0.261 e. The van der Waals surface area contributed by atoms with E-state index in [4.69, 9.17) is 0 Å². The molecular formula is C24H27N3O3. The summed E-state index contributed by atoms with van der Waals surface area (Å²) < 4.78 is 0. The van der Waals surface area contributed by atoms with Gasteiger partial charge in [-0.3, -0.25) is 24.2 Å². The molecule has 1 aliphatic carbocycles. The van der Waals surface area contributed by atoms with Crippen LogP contribution in [-0.2, 0) is 6.42 Å². The summed E-state index contributed by atoms with van der Waals surface area (Å²) in [4.78, 5) is 41.6. The summed E-state index contributed by atoms with van der Waals surface area (Å²) in [7, 11) is 2.08. The van der Waals surface area contributed by atoms with Crippen LogP contribution in [0.25, 0.3) is 0 Å². The first kappa shape index (κ1) is 20.3. The summed E-state index contributed by atoms with van der Waals surface area (Å²) in [5.74, 6) is -0.850. The molecule has 0 spiro atoms. The second-order valence-corrected chi connectivity index (χ2v) is 8.21. The number of hydrogen-bond donors (Lipinski definition) is 1. The fourth-order valence-electron chi connectivity index (χ4n) is 3.85. The van der Waals surface area contributed by atoms with Crippen molar-refractivity contribution in [1.82, 2.24) is 15.1 Å². The molecule has 30 heavy (non-hydrogen) atoms. The average Bonchev–Trinajstić information content (AvgIpc) is 3.59. The predicted octanol–water partition coefficient (Wildman–Crippen LogP) is 2.74. The Bertz CT molecular complexity index is 969. The molecule has 1 heterocycles. The summed E-state index contributed by atoms with van der Waals surface area (Å²) in [6.07, 6.45) is 3.04. The Labute approximate surface area is 176 Å². The molecule has 1 N–H and O–H groups in total. The minimum absolute atomic E-state index is 0.225. The SMILES string of the molecule is CC(CNC(=O)c1ccc2c(c1)C(=O)N(CCc1ccccc1)C2=O)N(C)C1CC1. The van der Waals surface area contributed by atoms with Crippen molar-refractivity contribution < 1.29 is 14.4 Å². The highest BCUT2D eigenvalue weighted by atomic mass is 16.2. The lowest BCUT2D eigenvalue weighted by Crippen LogP contribution is -2.41. The smallest absolute Gasteiger partial charge is 0.261 e. The lowest BCUT2D eigenvalue weighted by atomic mass is 10.1. The maximum atomic E-state index is 12.8. The van der Waals surface area contributed by atoms with E-state index in [9.17, 15) is 14.4 Å². The second-order valence-electron chi connectivity index (χ2n) is 8.21. The van der Waals surface area contributed by atoms with Crippen molar-refractivity contribution in [3.63, 3.8) is 0 Å². The molecule has 0 radical (unpaired) electrons. The van der Waals surface area contributed by atoms with Gasteiger partial charge in [0.05, 0.1) is 11.1 Å². The first-order valence-electron chi connectivity index (χ1n) is 10.5. The van der Waals surface area contributed by atoms with Crippen LogP contribution in [0.4, 0.5) is 0 Å². The number of likely N-dealkylation sites (N-methyl/N-ethyl adjacent to an activating group) is 1. The van der Waals surface area contributed by atoms with Crippen LogP contribution < -0.4 is 5.32 Å². The molecule has 2 aliphatic rings. The van der Waals surface area contributed by atoms with Gasteiger partial charge in [-0.15, -0.1) is 0 Å². The van der Waals surface area contributed by atoms with Crippen LogP contribution in [0.15, 0.2) is 48.5 Å². The first-order chi connectivity index (χ1) is 14.5. The first-order valence-corrected chi connectivity index (χ1v) is 10.5. The third-order valence-corrected chi connectivity index (χ3v) is 6.08. The molecule has 2 aromatic carbocycles. The number of nitrogens with zero attached hydrogens (tertiary/aromatic N) is 2. The third kappa shape index (κ3) is 4.14. The van der Waals surface area contributed by atoms with E-state index >= 15 is 0 Å². The zero-order valence-electron chi connectivity index (χ0n) is 17.4. The Morgan fingerprint density at radius 2 is 1.80 bits per heavy atom. The van der Waals surface area contributed by atoms with Gasteiger partial charge in [0.1, 0.15) is 0 Å². The highest BCUT2D eigenvalue weighted by Gasteiger charge is 2.35. The number of fused-ring (bicyclic) bond motifs is 1. The van der Waals surface area contributed by atoms with E-state index in [1.165, 1.54) is 17.7 Å². The number of nitrogens with one attached hydrogen (secondary N) is 1. The van der Waals surface area contributed by atoms with E-state index in [0.717, 1.165) is 5.56 Å². The van der Waals surface area contributed by atoms with Gasteiger partial charge < -0.3 is 5.32 Å². The number of benzene rings is 2. The van der Waals surface area contributed by atoms with Crippen LogP contribution in [-0.4, -0.2) is 59.7 Å². The molecule has 6 nitrogen and oxygen atoms in total. The standard InChI is InChI=1S/C24H27N3O3/c1-16(26(2)19-9-10-19)15-25-22(28)18-8-11-20-21(14-18)24(30)27(23(20)29)13-12-17-6-4-3-5-7-17/h3-8,11,14,16,19H,9-10,12-13,15H2,1-2H3,(H,25,28). The summed E-state index contributed by atoms with van der Waals surface area (Å²) in [5.41, 5.74) is 2.15. The molecule has 6 heteroatoms. The Morgan fingerprint density at radius 1 is 1.10 bits per heavy atom. The minimum Gasteiger partial charge on any atom is -0.350 e. The normalized spacial score (nSPS) is 16.7. The van der Waals surface area contributed by atoms with Crippen LogP contribution in [0.5, 0.6) is 0 Å². The lowest BCUT2D eigenvalue weighted by Gasteiger charge is -2.24. The Hall–Kier alpha value is -2.99. The highest BCUT2D eigenvalue weighted by molar-refractivity contribution is 6.22. The number of imide groups is 1. The Morgan fingerprint density at radius 3 is 2.50 bits per heavy atom. The molecular weight excluding hydrogens is 378 g/mol. The summed E-state index contributed by atoms with van der Waals surface area (Å²) >= 11 is 0. The van der Waals surface area contributed by atoms with Gasteiger partial charge in [-0.25, -0.2) is 0 Å². The van der Waals surface area contributed by atoms with Gasteiger partial charge in [0.15, 0.2) is 0 Å². The van der Waals surface area contributed by atoms with Crippen molar-refractivity contribution in [3.8, 4) is 0 Å². The number of amides is 3. The van der Waals surface area contributed by atoms with Gasteiger partial charge in [0.2, 0.25) is 0 Å². The molecule has 1 aliphatic heterocycles. The van der Waals surface area contributed by atoms with Crippen LogP contribution in [0.3, 0.4) is 0 Å². The quantitative estimate of drug-likeness (QED) is 0.686. The summed E-state index contributed by atoms with van der Waals surface area (Å²) in [5, 5.41) is 2.95. The summed E-state index contributed by atoms with van der Waals surface area (Å²) in [6, 6.07) is 15.4. The molecule has 1 saturated carbocycles. The zero-order chi connectivity index (χ0) is 21.3. The molecule has 0 bridgehead atoms. The fourth-order valence-corrected chi connectivity index (χ4v) is 3.85. The molecule has 1 unspecified atom stereocenters. The largest absolute Gasteiger partial charge is 0.350 e. The summed E-state index contributed by atoms with van der Waals surface area (Å²) in [6.45, 7) is 2.95. The molecule has 1 fully saturated rings. The van der Waals surface area contributed by atoms with Crippen molar-refractivity contribution in [3.05, 3.63) is 70.8 Å². The van der Waals surface area contributed by atoms with Crippen molar-refractivity contribution in [2.45, 2.75) is 38.3 Å². The van der Waals surface area contributed by atoms with E-state index < -0.39 is 0 Å². The van der Waals surface area contributed by atoms with E-state index in [1.54, 1.807) is 18.2 Å². The molecule has 156 valence electrons. The Balaban J connectivity index is 1.40. The number of hydrogen-bond acceptors (Lipinski definition) is 4. The van der Waals surface area contributed by atoms with E-state index in [2.05, 4.69) is 24.2 Å². The van der Waals surface area contributed by atoms with Crippen LogP contribution in [0.1, 0.15) is 56.4 Å². The van der Waals surface area contributed by atoms with Crippen molar-refractivity contribution in [2.24, 2.45) is 0 Å². The average molecular weight is 405 g/mol. The number of carbonyl (C=O) groups excluding carboxylic acids is 3. The van der Waals surface area contributed by atoms with Crippen molar-refractivity contribution in [1.29, 1.82) is 0 Å². The second kappa shape index (κ2) is 8.40. The fraction of sp³-hybridized carbons (Fsp3) is 0.375. The molecule has 0 saturated heterocycles. The molecule has 3 amide bonds. The number of rotatable bonds is 8. The lowest BCUT2D eigenvalue weighted by molar-refractivity contribution is 0.0656. The van der Waals surface area contributed by atoms with E-state index in [1.807, 2.05) is 30.3 Å². The van der Waals surface area contributed by atoms with Crippen molar-refractivity contribution in [2.75, 3.05) is 20.1 Å². The minimum atomic E-state index is -0.331. The highest BCUT2D eigenvalue weighted by Crippen LogP contribution is 2.27. The van der Waals surface area contributed by atoms with Gasteiger partial charge in [-0.2, -0.15) is 0 Å². The van der Waals surface area contributed by atoms with Crippen LogP contribution in [0.2, 0.25) is 0 Å². The zero-order valence-corrected chi connectivity index (χ0v) is 17.4. The number of carbonyl (C=O) groups is 3. The van der Waals surface area contributed by atoms with Crippen LogP contribution in [0, 0.1) is 0 Å². The van der Waals surface area contributed by atoms with Gasteiger partial charge >= 0.3 is 0 Å². The molecule has 4 rings (SSSR count). The monoisotopic (exact) mass is 405 g/mol. The van der Waals surface area contributed by atoms with Gasteiger partial charge in [0.25, 0.3) is 17.7 Å². The van der Waals surface area contributed by atoms with E-state index in [0.29, 0.717) is 42.2 Å². The third-order valence-electron chi connectivity index (χ3n) is 6.08. The Kier molecular flexibility index (Phi) is 5.68. The molecule has 0 aromatic heterocycles. The van der Waals surface area contributed by atoms with Crippen molar-refractivity contribution >= 4 is 17.7 Å². The van der Waals surface area contributed by atoms with Gasteiger partial charge in [0, 0.05) is 30.7 Å². The van der Waals surface area contributed by atoms with E-state index in [-0.39, 0.29) is 23.8 Å². The molecule has 1 atom stereocenters. The predicted molar refractivity (Wildman–Crippen MR) is 115 cm³/mol. The topological polar surface area (TPSA) is 69.7 Å².